The van der Waals surface area contributed by atoms with Gasteiger partial charge in [-0.2, -0.15) is 0 Å². The van der Waals surface area contributed by atoms with Crippen LogP contribution in [0.25, 0.3) is 0 Å². The Balaban J connectivity index is 1.94. The van der Waals surface area contributed by atoms with E-state index >= 15 is 0 Å². The Morgan fingerprint density at radius 3 is 2.24 bits per heavy atom. The number of hydrogen-bond donors (Lipinski definition) is 1. The number of hydrogen-bond acceptors (Lipinski definition) is 3. The average Bonchev–Trinajstić information content (AvgIpc) is 2.41. The van der Waals surface area contributed by atoms with Gasteiger partial charge in [0.05, 0.1) is 4.90 Å². The number of nitrogens with one attached hydrogen (secondary N) is 1. The van der Waals surface area contributed by atoms with Gasteiger partial charge in [-0.1, -0.05) is 41.4 Å². The van der Waals surface area contributed by atoms with Crippen molar-refractivity contribution in [3.8, 4) is 0 Å². The van der Waals surface area contributed by atoms with Gasteiger partial charge in [0.25, 0.3) is 0 Å². The molecule has 6 heteroatoms. The summed E-state index contributed by atoms with van der Waals surface area (Å²) in [5.74, 6) is 0. The van der Waals surface area contributed by atoms with Crippen LogP contribution in [-0.2, 0) is 22.9 Å². The van der Waals surface area contributed by atoms with Gasteiger partial charge in [0.2, 0.25) is 0 Å². The highest BCUT2D eigenvalue weighted by atomic mass is 35.5. The van der Waals surface area contributed by atoms with Gasteiger partial charge in [-0.25, -0.2) is 8.42 Å². The first kappa shape index (κ1) is 16.3. The number of halogens is 2. The maximum absolute atomic E-state index is 11.4. The highest BCUT2D eigenvalue weighted by Crippen LogP contribution is 2.20. The van der Waals surface area contributed by atoms with Crippen molar-refractivity contribution < 1.29 is 8.42 Å². The van der Waals surface area contributed by atoms with Crippen LogP contribution in [0.1, 0.15) is 11.1 Å². The SMILES string of the molecule is CS(=O)(=O)c1ccc(CNCc2ccc(Cl)cc2Cl)cc1. The molecule has 0 saturated heterocycles. The molecule has 0 fully saturated rings. The first-order chi connectivity index (χ1) is 9.86. The van der Waals surface area contributed by atoms with E-state index in [0.29, 0.717) is 28.0 Å². The fraction of sp³-hybridized carbons (Fsp3) is 0.200. The zero-order valence-electron chi connectivity index (χ0n) is 11.4. The van der Waals surface area contributed by atoms with E-state index in [-0.39, 0.29) is 0 Å². The van der Waals surface area contributed by atoms with Crippen LogP contribution in [0.4, 0.5) is 0 Å². The summed E-state index contributed by atoms with van der Waals surface area (Å²) in [5, 5.41) is 4.50. The molecule has 0 saturated carbocycles. The van der Waals surface area contributed by atoms with Gasteiger partial charge < -0.3 is 5.32 Å². The summed E-state index contributed by atoms with van der Waals surface area (Å²) in [6.07, 6.45) is 1.20. The van der Waals surface area contributed by atoms with Crippen molar-refractivity contribution in [2.45, 2.75) is 18.0 Å². The Labute approximate surface area is 134 Å². The molecule has 0 atom stereocenters. The lowest BCUT2D eigenvalue weighted by molar-refractivity contribution is 0.602. The highest BCUT2D eigenvalue weighted by molar-refractivity contribution is 7.90. The van der Waals surface area contributed by atoms with Crippen LogP contribution >= 0.6 is 23.2 Å². The number of sulfone groups is 1. The normalized spacial score (nSPS) is 11.6. The molecule has 2 aromatic carbocycles. The Morgan fingerprint density at radius 2 is 1.67 bits per heavy atom. The van der Waals surface area contributed by atoms with Crippen LogP contribution in [0.5, 0.6) is 0 Å². The van der Waals surface area contributed by atoms with Crippen molar-refractivity contribution in [2.24, 2.45) is 0 Å². The van der Waals surface area contributed by atoms with Gasteiger partial charge in [0, 0.05) is 29.4 Å². The zero-order valence-corrected chi connectivity index (χ0v) is 13.8. The van der Waals surface area contributed by atoms with E-state index in [2.05, 4.69) is 5.32 Å². The molecule has 0 radical (unpaired) electrons. The van der Waals surface area contributed by atoms with Gasteiger partial charge in [0.1, 0.15) is 0 Å². The highest BCUT2D eigenvalue weighted by Gasteiger charge is 2.06. The minimum absolute atomic E-state index is 0.326. The molecule has 112 valence electrons. The number of rotatable bonds is 5. The van der Waals surface area contributed by atoms with E-state index in [4.69, 9.17) is 23.2 Å². The first-order valence-electron chi connectivity index (χ1n) is 6.30. The summed E-state index contributed by atoms with van der Waals surface area (Å²) >= 11 is 11.9. The molecule has 3 nitrogen and oxygen atoms in total. The lowest BCUT2D eigenvalue weighted by atomic mass is 10.2. The predicted octanol–water partition coefficient (Wildman–Crippen LogP) is 3.69. The maximum Gasteiger partial charge on any atom is 0.175 e. The van der Waals surface area contributed by atoms with E-state index in [1.165, 1.54) is 6.26 Å². The molecule has 2 aromatic rings. The zero-order chi connectivity index (χ0) is 15.5. The molecular formula is C15H15Cl2NO2S. The summed E-state index contributed by atoms with van der Waals surface area (Å²) in [6.45, 7) is 1.24. The summed E-state index contributed by atoms with van der Waals surface area (Å²) in [6, 6.07) is 12.2. The van der Waals surface area contributed by atoms with Crippen LogP contribution in [0.15, 0.2) is 47.4 Å². The minimum Gasteiger partial charge on any atom is -0.309 e. The second-order valence-electron chi connectivity index (χ2n) is 4.76. The minimum atomic E-state index is -3.14. The van der Waals surface area contributed by atoms with Crippen molar-refractivity contribution in [2.75, 3.05) is 6.26 Å². The molecule has 0 aliphatic rings. The third kappa shape index (κ3) is 4.71. The summed E-state index contributed by atoms with van der Waals surface area (Å²) < 4.78 is 22.7. The number of benzene rings is 2. The van der Waals surface area contributed by atoms with Crippen molar-refractivity contribution in [1.82, 2.24) is 5.32 Å². The second kappa shape index (κ2) is 6.79. The Morgan fingerprint density at radius 1 is 1.00 bits per heavy atom. The molecule has 0 spiro atoms. The topological polar surface area (TPSA) is 46.2 Å². The molecule has 1 N–H and O–H groups in total. The summed E-state index contributed by atoms with van der Waals surface area (Å²) in [5.41, 5.74) is 1.97. The summed E-state index contributed by atoms with van der Waals surface area (Å²) in [4.78, 5) is 0.326. The molecule has 0 aliphatic heterocycles. The van der Waals surface area contributed by atoms with Gasteiger partial charge in [-0.05, 0) is 35.4 Å². The Hall–Kier alpha value is -1.07. The monoisotopic (exact) mass is 343 g/mol. The fourth-order valence-corrected chi connectivity index (χ4v) is 2.97. The van der Waals surface area contributed by atoms with Crippen LogP contribution < -0.4 is 5.32 Å². The largest absolute Gasteiger partial charge is 0.309 e. The fourth-order valence-electron chi connectivity index (χ4n) is 1.86. The maximum atomic E-state index is 11.4. The molecule has 0 aromatic heterocycles. The molecule has 2 rings (SSSR count). The van der Waals surface area contributed by atoms with Crippen molar-refractivity contribution >= 4 is 33.0 Å². The lowest BCUT2D eigenvalue weighted by Crippen LogP contribution is -2.13. The van der Waals surface area contributed by atoms with Crippen molar-refractivity contribution in [1.29, 1.82) is 0 Å². The van der Waals surface area contributed by atoms with Gasteiger partial charge in [0.15, 0.2) is 9.84 Å². The van der Waals surface area contributed by atoms with Crippen molar-refractivity contribution in [3.05, 3.63) is 63.6 Å². The second-order valence-corrected chi connectivity index (χ2v) is 7.61. The smallest absolute Gasteiger partial charge is 0.175 e. The van der Waals surface area contributed by atoms with Gasteiger partial charge >= 0.3 is 0 Å². The molecular weight excluding hydrogens is 329 g/mol. The first-order valence-corrected chi connectivity index (χ1v) is 8.94. The standard InChI is InChI=1S/C15H15Cl2NO2S/c1-21(19,20)14-6-2-11(3-7-14)9-18-10-12-4-5-13(16)8-15(12)17/h2-8,18H,9-10H2,1H3. The van der Waals surface area contributed by atoms with Crippen LogP contribution in [0.2, 0.25) is 10.0 Å². The molecule has 0 amide bonds. The Kier molecular flexibility index (Phi) is 5.27. The van der Waals surface area contributed by atoms with Crippen LogP contribution in [0.3, 0.4) is 0 Å². The van der Waals surface area contributed by atoms with E-state index in [1.807, 2.05) is 6.07 Å². The van der Waals surface area contributed by atoms with E-state index < -0.39 is 9.84 Å². The molecule has 0 heterocycles. The molecule has 21 heavy (non-hydrogen) atoms. The van der Waals surface area contributed by atoms with Crippen LogP contribution in [0, 0.1) is 0 Å². The summed E-state index contributed by atoms with van der Waals surface area (Å²) in [7, 11) is -3.14. The van der Waals surface area contributed by atoms with Crippen LogP contribution in [-0.4, -0.2) is 14.7 Å². The van der Waals surface area contributed by atoms with E-state index in [0.717, 1.165) is 11.1 Å². The van der Waals surface area contributed by atoms with Gasteiger partial charge in [-0.3, -0.25) is 0 Å². The van der Waals surface area contributed by atoms with E-state index in [1.54, 1.807) is 36.4 Å². The molecule has 0 bridgehead atoms. The van der Waals surface area contributed by atoms with Crippen molar-refractivity contribution in [3.63, 3.8) is 0 Å². The molecule has 0 unspecified atom stereocenters. The Bertz CT molecular complexity index is 728. The lowest BCUT2D eigenvalue weighted by Gasteiger charge is -2.08. The molecule has 0 aliphatic carbocycles. The predicted molar refractivity (Wildman–Crippen MR) is 86.6 cm³/mol. The third-order valence-electron chi connectivity index (χ3n) is 3.01. The van der Waals surface area contributed by atoms with Gasteiger partial charge in [-0.15, -0.1) is 0 Å². The van der Waals surface area contributed by atoms with E-state index in [9.17, 15) is 8.42 Å². The average molecular weight is 344 g/mol. The third-order valence-corrected chi connectivity index (χ3v) is 4.73. The quantitative estimate of drug-likeness (QED) is 0.900.